The topological polar surface area (TPSA) is 70.6 Å². The Hall–Kier alpha value is -3.28. The molecule has 2 N–H and O–H groups in total. The van der Waals surface area contributed by atoms with Crippen molar-refractivity contribution in [1.82, 2.24) is 10.7 Å². The molecule has 6 heteroatoms. The summed E-state index contributed by atoms with van der Waals surface area (Å²) in [4.78, 5) is 23.3. The first kappa shape index (κ1) is 17.1. The summed E-state index contributed by atoms with van der Waals surface area (Å²) in [5.41, 5.74) is 3.44. The number of amides is 2. The molecule has 0 heterocycles. The fourth-order valence-corrected chi connectivity index (χ4v) is 1.80. The third-order valence-corrected chi connectivity index (χ3v) is 2.93. The van der Waals surface area contributed by atoms with E-state index in [0.717, 1.165) is 11.6 Å². The first-order valence-corrected chi connectivity index (χ1v) is 7.22. The Morgan fingerprint density at radius 2 is 1.88 bits per heavy atom. The van der Waals surface area contributed by atoms with E-state index >= 15 is 0 Å². The van der Waals surface area contributed by atoms with Crippen LogP contribution in [0.15, 0.2) is 65.8 Å². The van der Waals surface area contributed by atoms with Gasteiger partial charge in [0, 0.05) is 11.8 Å². The fraction of sp³-hybridized carbons (Fsp3) is 0.0556. The molecule has 0 atom stereocenters. The van der Waals surface area contributed by atoms with Crippen LogP contribution in [0.2, 0.25) is 0 Å². The van der Waals surface area contributed by atoms with E-state index in [1.165, 1.54) is 24.4 Å². The molecule has 0 fully saturated rings. The molecule has 5 nitrogen and oxygen atoms in total. The van der Waals surface area contributed by atoms with E-state index in [9.17, 15) is 14.0 Å². The van der Waals surface area contributed by atoms with Gasteiger partial charge in [0.15, 0.2) is 0 Å². The predicted molar refractivity (Wildman–Crippen MR) is 90.8 cm³/mol. The fourth-order valence-electron chi connectivity index (χ4n) is 1.80. The number of carbonyl (C=O) groups is 2. The molecule has 0 aromatic heterocycles. The summed E-state index contributed by atoms with van der Waals surface area (Å²) in [5, 5.41) is 6.11. The second kappa shape index (κ2) is 8.99. The molecule has 24 heavy (non-hydrogen) atoms. The Morgan fingerprint density at radius 1 is 1.08 bits per heavy atom. The average molecular weight is 325 g/mol. The maximum Gasteiger partial charge on any atom is 0.259 e. The van der Waals surface area contributed by atoms with Gasteiger partial charge in [-0.2, -0.15) is 5.10 Å². The summed E-state index contributed by atoms with van der Waals surface area (Å²) in [5.74, 6) is -1.52. The lowest BCUT2D eigenvalue weighted by Crippen LogP contribution is -2.34. The smallest absolute Gasteiger partial charge is 0.259 e. The lowest BCUT2D eigenvalue weighted by molar-refractivity contribution is -0.120. The van der Waals surface area contributed by atoms with Gasteiger partial charge in [-0.3, -0.25) is 9.59 Å². The summed E-state index contributed by atoms with van der Waals surface area (Å²) in [7, 11) is 0. The minimum atomic E-state index is -0.530. The molecule has 122 valence electrons. The Morgan fingerprint density at radius 3 is 2.62 bits per heavy atom. The van der Waals surface area contributed by atoms with Gasteiger partial charge >= 0.3 is 0 Å². The van der Waals surface area contributed by atoms with Gasteiger partial charge in [-0.25, -0.2) is 9.82 Å². The van der Waals surface area contributed by atoms with E-state index in [2.05, 4.69) is 15.8 Å². The van der Waals surface area contributed by atoms with Crippen molar-refractivity contribution in [2.24, 2.45) is 5.10 Å². The molecule has 0 aliphatic rings. The SMILES string of the molecule is O=C(CNC(=O)c1cccc(F)c1)NN=C/C=C/c1ccccc1. The third-order valence-electron chi connectivity index (χ3n) is 2.93. The van der Waals surface area contributed by atoms with E-state index in [4.69, 9.17) is 0 Å². The Bertz CT molecular complexity index is 758. The molecule has 2 amide bonds. The Labute approximate surface area is 138 Å². The molecular weight excluding hydrogens is 309 g/mol. The average Bonchev–Trinajstić information content (AvgIpc) is 2.60. The molecule has 0 saturated heterocycles. The summed E-state index contributed by atoms with van der Waals surface area (Å²) in [6.45, 7) is -0.255. The number of carbonyl (C=O) groups excluding carboxylic acids is 2. The summed E-state index contributed by atoms with van der Waals surface area (Å²) < 4.78 is 13.0. The molecule has 2 aromatic rings. The second-order valence-corrected chi connectivity index (χ2v) is 4.78. The first-order chi connectivity index (χ1) is 11.6. The van der Waals surface area contributed by atoms with Crippen LogP contribution in [0, 0.1) is 5.82 Å². The molecule has 0 bridgehead atoms. The summed E-state index contributed by atoms with van der Waals surface area (Å²) in [6, 6.07) is 14.8. The monoisotopic (exact) mass is 325 g/mol. The molecule has 0 radical (unpaired) electrons. The van der Waals surface area contributed by atoms with Gasteiger partial charge in [-0.05, 0) is 29.8 Å². The van der Waals surface area contributed by atoms with Crippen LogP contribution in [0.5, 0.6) is 0 Å². The molecule has 0 aliphatic heterocycles. The normalized spacial score (nSPS) is 10.9. The van der Waals surface area contributed by atoms with Crippen molar-refractivity contribution >= 4 is 24.1 Å². The van der Waals surface area contributed by atoms with Crippen molar-refractivity contribution in [3.8, 4) is 0 Å². The lowest BCUT2D eigenvalue weighted by Gasteiger charge is -2.04. The van der Waals surface area contributed by atoms with E-state index < -0.39 is 17.6 Å². The first-order valence-electron chi connectivity index (χ1n) is 7.22. The molecule has 0 saturated carbocycles. The zero-order chi connectivity index (χ0) is 17.2. The van der Waals surface area contributed by atoms with Crippen molar-refractivity contribution in [2.75, 3.05) is 6.54 Å². The molecule has 2 aromatic carbocycles. The zero-order valence-electron chi connectivity index (χ0n) is 12.8. The number of hydrazone groups is 1. The number of hydrogen-bond donors (Lipinski definition) is 2. The number of rotatable bonds is 6. The van der Waals surface area contributed by atoms with E-state index in [-0.39, 0.29) is 12.1 Å². The van der Waals surface area contributed by atoms with Crippen LogP contribution < -0.4 is 10.7 Å². The number of allylic oxidation sites excluding steroid dienone is 1. The van der Waals surface area contributed by atoms with Gasteiger partial charge in [-0.1, -0.05) is 42.5 Å². The van der Waals surface area contributed by atoms with Gasteiger partial charge < -0.3 is 5.32 Å². The van der Waals surface area contributed by atoms with Gasteiger partial charge in [0.1, 0.15) is 5.82 Å². The maximum atomic E-state index is 13.0. The largest absolute Gasteiger partial charge is 0.343 e. The van der Waals surface area contributed by atoms with Crippen LogP contribution in [0.1, 0.15) is 15.9 Å². The molecular formula is C18H16FN3O2. The summed E-state index contributed by atoms with van der Waals surface area (Å²) >= 11 is 0. The van der Waals surface area contributed by atoms with Crippen LogP contribution in [0.3, 0.4) is 0 Å². The predicted octanol–water partition coefficient (Wildman–Crippen LogP) is 2.37. The molecule has 0 unspecified atom stereocenters. The molecule has 0 aliphatic carbocycles. The van der Waals surface area contributed by atoms with Gasteiger partial charge in [0.25, 0.3) is 11.8 Å². The van der Waals surface area contributed by atoms with Crippen molar-refractivity contribution < 1.29 is 14.0 Å². The van der Waals surface area contributed by atoms with Gasteiger partial charge in [-0.15, -0.1) is 0 Å². The lowest BCUT2D eigenvalue weighted by atomic mass is 10.2. The standard InChI is InChI=1S/C18H16FN3O2/c19-16-10-4-9-15(12-16)18(24)20-13-17(23)22-21-11-5-8-14-6-2-1-3-7-14/h1-12H,13H2,(H,20,24)(H,22,23)/b8-5+,21-11?. The van der Waals surface area contributed by atoms with Gasteiger partial charge in [0.2, 0.25) is 0 Å². The number of hydrogen-bond acceptors (Lipinski definition) is 3. The van der Waals surface area contributed by atoms with Crippen LogP contribution in [-0.2, 0) is 4.79 Å². The van der Waals surface area contributed by atoms with Crippen molar-refractivity contribution in [2.45, 2.75) is 0 Å². The van der Waals surface area contributed by atoms with Crippen molar-refractivity contribution in [3.63, 3.8) is 0 Å². The Balaban J connectivity index is 1.72. The van der Waals surface area contributed by atoms with Crippen LogP contribution in [0.4, 0.5) is 4.39 Å². The van der Waals surface area contributed by atoms with Crippen molar-refractivity contribution in [1.29, 1.82) is 0 Å². The highest BCUT2D eigenvalue weighted by atomic mass is 19.1. The molecule has 2 rings (SSSR count). The highest BCUT2D eigenvalue weighted by Gasteiger charge is 2.07. The van der Waals surface area contributed by atoms with Crippen LogP contribution in [-0.4, -0.2) is 24.6 Å². The summed E-state index contributed by atoms with van der Waals surface area (Å²) in [6.07, 6.45) is 4.95. The number of nitrogens with zero attached hydrogens (tertiary/aromatic N) is 1. The van der Waals surface area contributed by atoms with Crippen LogP contribution in [0.25, 0.3) is 6.08 Å². The number of nitrogens with one attached hydrogen (secondary N) is 2. The zero-order valence-corrected chi connectivity index (χ0v) is 12.8. The van der Waals surface area contributed by atoms with E-state index in [1.54, 1.807) is 6.08 Å². The van der Waals surface area contributed by atoms with Crippen LogP contribution >= 0.6 is 0 Å². The number of halogens is 1. The minimum Gasteiger partial charge on any atom is -0.343 e. The maximum absolute atomic E-state index is 13.0. The Kier molecular flexibility index (Phi) is 6.40. The number of benzene rings is 2. The van der Waals surface area contributed by atoms with E-state index in [1.807, 2.05) is 36.4 Å². The van der Waals surface area contributed by atoms with Crippen molar-refractivity contribution in [3.05, 3.63) is 77.6 Å². The van der Waals surface area contributed by atoms with Gasteiger partial charge in [0.05, 0.1) is 6.54 Å². The van der Waals surface area contributed by atoms with E-state index in [0.29, 0.717) is 0 Å². The quantitative estimate of drug-likeness (QED) is 0.632. The molecule has 0 spiro atoms. The second-order valence-electron chi connectivity index (χ2n) is 4.78. The highest BCUT2D eigenvalue weighted by molar-refractivity contribution is 5.96. The highest BCUT2D eigenvalue weighted by Crippen LogP contribution is 2.02. The minimum absolute atomic E-state index is 0.150. The third kappa shape index (κ3) is 5.84.